The normalized spacial score (nSPS) is 33.0. The second kappa shape index (κ2) is 12.2. The van der Waals surface area contributed by atoms with Crippen LogP contribution in [0.5, 0.6) is 23.0 Å². The van der Waals surface area contributed by atoms with Crippen molar-refractivity contribution in [2.24, 2.45) is 0 Å². The molecule has 2 aliphatic heterocycles. The van der Waals surface area contributed by atoms with Crippen molar-refractivity contribution >= 4 is 11.0 Å². The van der Waals surface area contributed by atoms with Crippen molar-refractivity contribution in [2.75, 3.05) is 13.2 Å². The number of hydrogen-bond acceptors (Lipinski definition) is 16. The third-order valence-electron chi connectivity index (χ3n) is 7.24. The zero-order valence-corrected chi connectivity index (χ0v) is 22.1. The summed E-state index contributed by atoms with van der Waals surface area (Å²) in [6.45, 7) is -1.29. The van der Waals surface area contributed by atoms with Gasteiger partial charge in [-0.3, -0.25) is 4.79 Å². The first-order chi connectivity index (χ1) is 20.4. The van der Waals surface area contributed by atoms with Crippen LogP contribution in [0.4, 0.5) is 0 Å². The van der Waals surface area contributed by atoms with E-state index in [1.54, 1.807) is 0 Å². The first kappa shape index (κ1) is 30.9. The van der Waals surface area contributed by atoms with Gasteiger partial charge in [-0.2, -0.15) is 0 Å². The fourth-order valence-corrected chi connectivity index (χ4v) is 4.81. The molecule has 2 unspecified atom stereocenters. The van der Waals surface area contributed by atoms with Crippen molar-refractivity contribution in [3.63, 3.8) is 0 Å². The molecule has 234 valence electrons. The van der Waals surface area contributed by atoms with Crippen LogP contribution < -0.4 is 10.2 Å². The molecule has 43 heavy (non-hydrogen) atoms. The van der Waals surface area contributed by atoms with Gasteiger partial charge in [-0.15, -0.1) is 0 Å². The van der Waals surface area contributed by atoms with Crippen molar-refractivity contribution < 1.29 is 74.4 Å². The van der Waals surface area contributed by atoms with Crippen molar-refractivity contribution in [1.82, 2.24) is 0 Å². The molecule has 3 aromatic rings. The highest BCUT2D eigenvalue weighted by molar-refractivity contribution is 5.86. The number of benzene rings is 2. The quantitative estimate of drug-likeness (QED) is 0.125. The number of fused-ring (bicyclic) bond motifs is 1. The molecule has 3 heterocycles. The van der Waals surface area contributed by atoms with E-state index < -0.39 is 97.3 Å². The molecule has 0 radical (unpaired) electrons. The Morgan fingerprint density at radius 1 is 0.698 bits per heavy atom. The van der Waals surface area contributed by atoms with Crippen LogP contribution in [0.1, 0.15) is 0 Å². The van der Waals surface area contributed by atoms with Crippen LogP contribution in [0.2, 0.25) is 0 Å². The maximum absolute atomic E-state index is 12.7. The Labute approximate surface area is 241 Å². The van der Waals surface area contributed by atoms with Crippen LogP contribution in [0, 0.1) is 0 Å². The summed E-state index contributed by atoms with van der Waals surface area (Å²) in [5, 5.41) is 100. The first-order valence-corrected chi connectivity index (χ1v) is 13.0. The molecule has 16 heteroatoms. The van der Waals surface area contributed by atoms with E-state index in [0.29, 0.717) is 0 Å². The van der Waals surface area contributed by atoms with E-state index in [-0.39, 0.29) is 28.0 Å². The molecule has 0 saturated carbocycles. The summed E-state index contributed by atoms with van der Waals surface area (Å²) in [5.74, 6) is -1.64. The number of ether oxygens (including phenoxy) is 4. The highest BCUT2D eigenvalue weighted by Crippen LogP contribution is 2.35. The van der Waals surface area contributed by atoms with Crippen molar-refractivity contribution in [2.45, 2.75) is 61.4 Å². The predicted octanol–water partition coefficient (Wildman–Crippen LogP) is -2.42. The molecule has 0 amide bonds. The summed E-state index contributed by atoms with van der Waals surface area (Å²) < 4.78 is 27.6. The fraction of sp³-hybridized carbons (Fsp3) is 0.444. The van der Waals surface area contributed by atoms with Crippen molar-refractivity contribution in [3.8, 4) is 34.3 Å². The van der Waals surface area contributed by atoms with E-state index in [2.05, 4.69) is 0 Å². The average Bonchev–Trinajstić information content (AvgIpc) is 2.97. The zero-order valence-electron chi connectivity index (χ0n) is 22.1. The maximum Gasteiger partial charge on any atom is 0.229 e. The first-order valence-electron chi connectivity index (χ1n) is 13.0. The van der Waals surface area contributed by atoms with Crippen molar-refractivity contribution in [1.29, 1.82) is 0 Å². The SMILES string of the molecule is O=c1cc(-c2ccc(O)c(O)c2)oc2cc(OC3O[C@H](COC4O[C@@H](CO)[C@H](O)[C@@H](O)[C@@H]4O)[C@@H](O)[C@H](O)[C@H]3O)cc(O)c12. The number of rotatable bonds is 7. The highest BCUT2D eigenvalue weighted by atomic mass is 16.7. The minimum Gasteiger partial charge on any atom is -0.507 e. The van der Waals surface area contributed by atoms with Crippen LogP contribution in [0.15, 0.2) is 45.6 Å². The molecule has 2 fully saturated rings. The monoisotopic (exact) mass is 610 g/mol. The van der Waals surface area contributed by atoms with Gasteiger partial charge in [0.2, 0.25) is 6.29 Å². The molecule has 0 bridgehead atoms. The number of aliphatic hydroxyl groups is 7. The topological polar surface area (TPSA) is 269 Å². The van der Waals surface area contributed by atoms with Crippen LogP contribution in [-0.2, 0) is 14.2 Å². The van der Waals surface area contributed by atoms with Gasteiger partial charge in [-0.05, 0) is 18.2 Å². The minimum atomic E-state index is -1.83. The summed E-state index contributed by atoms with van der Waals surface area (Å²) in [6.07, 6.45) is -16.4. The molecule has 16 nitrogen and oxygen atoms in total. The lowest BCUT2D eigenvalue weighted by Gasteiger charge is -2.42. The molecule has 1 aromatic heterocycles. The summed E-state index contributed by atoms with van der Waals surface area (Å²) in [7, 11) is 0. The third-order valence-corrected chi connectivity index (χ3v) is 7.24. The van der Waals surface area contributed by atoms with Gasteiger partial charge >= 0.3 is 0 Å². The number of phenolic OH excluding ortho intramolecular Hbond substituents is 3. The number of phenols is 3. The van der Waals surface area contributed by atoms with E-state index in [0.717, 1.165) is 18.2 Å². The molecular formula is C27H30O16. The Balaban J connectivity index is 1.36. The summed E-state index contributed by atoms with van der Waals surface area (Å²) >= 11 is 0. The fourth-order valence-electron chi connectivity index (χ4n) is 4.81. The lowest BCUT2D eigenvalue weighted by Crippen LogP contribution is -2.62. The van der Waals surface area contributed by atoms with Crippen LogP contribution in [0.25, 0.3) is 22.3 Å². The lowest BCUT2D eigenvalue weighted by molar-refractivity contribution is -0.323. The summed E-state index contributed by atoms with van der Waals surface area (Å²) in [5.41, 5.74) is -0.588. The summed E-state index contributed by atoms with van der Waals surface area (Å²) in [4.78, 5) is 12.7. The molecule has 5 rings (SSSR count). The Kier molecular flexibility index (Phi) is 8.77. The third kappa shape index (κ3) is 5.98. The zero-order chi connectivity index (χ0) is 31.2. The van der Waals surface area contributed by atoms with E-state index in [9.17, 15) is 55.9 Å². The van der Waals surface area contributed by atoms with Crippen LogP contribution >= 0.6 is 0 Å². The molecule has 2 aliphatic rings. The van der Waals surface area contributed by atoms with Gasteiger partial charge in [0.15, 0.2) is 23.2 Å². The number of aliphatic hydroxyl groups excluding tert-OH is 7. The van der Waals surface area contributed by atoms with E-state index in [1.165, 1.54) is 18.2 Å². The van der Waals surface area contributed by atoms with E-state index in [4.69, 9.17) is 23.4 Å². The Hall–Kier alpha value is -3.55. The van der Waals surface area contributed by atoms with Crippen molar-refractivity contribution in [3.05, 3.63) is 46.6 Å². The average molecular weight is 611 g/mol. The van der Waals surface area contributed by atoms with Gasteiger partial charge in [-0.25, -0.2) is 0 Å². The Morgan fingerprint density at radius 2 is 1.35 bits per heavy atom. The molecule has 10 atom stereocenters. The second-order valence-electron chi connectivity index (χ2n) is 10.2. The standard InChI is InChI=1S/C27H30O16/c28-7-17-20(33)22(35)24(37)26(42-17)39-8-18-21(34)23(36)25(38)27(43-18)40-10-4-13(31)19-14(32)6-15(41-16(19)5-10)9-1-2-11(29)12(30)3-9/h1-6,17-18,20-31,33-38H,7-8H2/t17-,18+,20-,21+,22+,23-,24-,25+,26?,27?/m0/s1. The lowest BCUT2D eigenvalue weighted by atomic mass is 9.98. The van der Waals surface area contributed by atoms with Crippen LogP contribution in [-0.4, -0.2) is 126 Å². The molecule has 10 N–H and O–H groups in total. The molecule has 0 spiro atoms. The van der Waals surface area contributed by atoms with E-state index >= 15 is 0 Å². The molecule has 2 saturated heterocycles. The van der Waals surface area contributed by atoms with Gasteiger partial charge in [0.1, 0.15) is 77.1 Å². The largest absolute Gasteiger partial charge is 0.507 e. The highest BCUT2D eigenvalue weighted by Gasteiger charge is 2.48. The van der Waals surface area contributed by atoms with Gasteiger partial charge in [0.05, 0.1) is 13.2 Å². The number of aromatic hydroxyl groups is 3. The van der Waals surface area contributed by atoms with Crippen LogP contribution in [0.3, 0.4) is 0 Å². The predicted molar refractivity (Wildman–Crippen MR) is 140 cm³/mol. The van der Waals surface area contributed by atoms with E-state index in [1.807, 2.05) is 0 Å². The second-order valence-corrected chi connectivity index (χ2v) is 10.2. The molecular weight excluding hydrogens is 580 g/mol. The van der Waals surface area contributed by atoms with Gasteiger partial charge in [0.25, 0.3) is 0 Å². The maximum atomic E-state index is 12.7. The Bertz CT molecular complexity index is 1510. The smallest absolute Gasteiger partial charge is 0.229 e. The minimum absolute atomic E-state index is 0.0257. The Morgan fingerprint density at radius 3 is 2.02 bits per heavy atom. The molecule has 2 aromatic carbocycles. The number of hydrogen-bond donors (Lipinski definition) is 10. The van der Waals surface area contributed by atoms with Gasteiger partial charge in [0, 0.05) is 23.8 Å². The van der Waals surface area contributed by atoms with Gasteiger partial charge in [-0.1, -0.05) is 0 Å². The molecule has 0 aliphatic carbocycles. The van der Waals surface area contributed by atoms with Gasteiger partial charge < -0.3 is 74.4 Å². The summed E-state index contributed by atoms with van der Waals surface area (Å²) in [6, 6.07) is 7.01.